The van der Waals surface area contributed by atoms with Crippen molar-refractivity contribution in [1.82, 2.24) is 20.9 Å². The molecule has 2 aromatic rings. The van der Waals surface area contributed by atoms with Crippen molar-refractivity contribution >= 4 is 11.8 Å². The number of carbonyl (C=O) groups is 2. The maximum Gasteiger partial charge on any atom is 0.237 e. The number of methoxy groups -OCH3 is 1. The average molecular weight is 437 g/mol. The summed E-state index contributed by atoms with van der Waals surface area (Å²) in [6, 6.07) is 18.3. The van der Waals surface area contributed by atoms with Gasteiger partial charge < -0.3 is 20.7 Å². The van der Waals surface area contributed by atoms with Crippen LogP contribution < -0.4 is 20.7 Å². The largest absolute Gasteiger partial charge is 0.497 e. The molecule has 170 valence electrons. The average Bonchev–Trinajstić information content (AvgIpc) is 3.27. The Hall–Kier alpha value is -2.90. The number of nitrogens with zero attached hydrogens (tertiary/aromatic N) is 1. The summed E-state index contributed by atoms with van der Waals surface area (Å²) < 4.78 is 5.16. The molecule has 7 heteroatoms. The maximum absolute atomic E-state index is 12.4. The van der Waals surface area contributed by atoms with E-state index in [1.54, 1.807) is 7.11 Å². The molecule has 0 unspecified atom stereocenters. The van der Waals surface area contributed by atoms with E-state index >= 15 is 0 Å². The van der Waals surface area contributed by atoms with Gasteiger partial charge in [0.15, 0.2) is 0 Å². The zero-order valence-electron chi connectivity index (χ0n) is 18.5. The Morgan fingerprint density at radius 1 is 1.09 bits per heavy atom. The quantitative estimate of drug-likeness (QED) is 0.559. The van der Waals surface area contributed by atoms with Crippen molar-refractivity contribution in [3.05, 3.63) is 65.7 Å². The van der Waals surface area contributed by atoms with Gasteiger partial charge in [-0.1, -0.05) is 42.5 Å². The highest BCUT2D eigenvalue weighted by atomic mass is 16.5. The Morgan fingerprint density at radius 3 is 2.59 bits per heavy atom. The number of benzene rings is 2. The van der Waals surface area contributed by atoms with Gasteiger partial charge in [-0.15, -0.1) is 0 Å². The first kappa shape index (κ1) is 22.3. The molecule has 7 nitrogen and oxygen atoms in total. The molecule has 0 bridgehead atoms. The fourth-order valence-corrected chi connectivity index (χ4v) is 4.58. The lowest BCUT2D eigenvalue weighted by molar-refractivity contribution is -0.129. The van der Waals surface area contributed by atoms with Crippen molar-refractivity contribution < 1.29 is 14.3 Å². The van der Waals surface area contributed by atoms with Crippen LogP contribution in [0.3, 0.4) is 0 Å². The summed E-state index contributed by atoms with van der Waals surface area (Å²) in [4.78, 5) is 27.1. The number of rotatable bonds is 9. The molecular formula is C25H32N4O3. The molecule has 0 saturated carbocycles. The van der Waals surface area contributed by atoms with Crippen LogP contribution >= 0.6 is 0 Å². The second kappa shape index (κ2) is 10.6. The minimum atomic E-state index is -0.107. The van der Waals surface area contributed by atoms with Gasteiger partial charge in [0.05, 0.1) is 13.2 Å². The van der Waals surface area contributed by atoms with Gasteiger partial charge in [-0.25, -0.2) is 0 Å². The molecule has 3 atom stereocenters. The van der Waals surface area contributed by atoms with E-state index in [4.69, 9.17) is 4.74 Å². The lowest BCUT2D eigenvalue weighted by Crippen LogP contribution is -2.58. The first-order valence-corrected chi connectivity index (χ1v) is 11.3. The van der Waals surface area contributed by atoms with Crippen LogP contribution in [0.2, 0.25) is 0 Å². The van der Waals surface area contributed by atoms with E-state index in [1.807, 2.05) is 42.5 Å². The fraction of sp³-hybridized carbons (Fsp3) is 0.440. The molecule has 0 aliphatic carbocycles. The molecule has 2 heterocycles. The van der Waals surface area contributed by atoms with Crippen LogP contribution in [0.25, 0.3) is 0 Å². The van der Waals surface area contributed by atoms with Crippen LogP contribution in [0, 0.1) is 0 Å². The van der Waals surface area contributed by atoms with E-state index in [2.05, 4.69) is 33.0 Å². The second-order valence-corrected chi connectivity index (χ2v) is 8.57. The number of ether oxygens (including phenoxy) is 1. The van der Waals surface area contributed by atoms with Crippen molar-refractivity contribution in [3.63, 3.8) is 0 Å². The third kappa shape index (κ3) is 5.66. The predicted octanol–water partition coefficient (Wildman–Crippen LogP) is 1.82. The zero-order chi connectivity index (χ0) is 22.3. The topological polar surface area (TPSA) is 82.7 Å². The second-order valence-electron chi connectivity index (χ2n) is 8.57. The molecule has 0 spiro atoms. The number of piperazine rings is 1. The molecular weight excluding hydrogens is 404 g/mol. The smallest absolute Gasteiger partial charge is 0.237 e. The third-order valence-electron chi connectivity index (χ3n) is 6.41. The highest BCUT2D eigenvalue weighted by Gasteiger charge is 2.43. The summed E-state index contributed by atoms with van der Waals surface area (Å²) in [6.07, 6.45) is 1.98. The fourth-order valence-electron chi connectivity index (χ4n) is 4.58. The van der Waals surface area contributed by atoms with Crippen LogP contribution in [0.4, 0.5) is 0 Å². The van der Waals surface area contributed by atoms with E-state index in [1.165, 1.54) is 5.56 Å². The Balaban J connectivity index is 1.24. The summed E-state index contributed by atoms with van der Waals surface area (Å²) >= 11 is 0. The molecule has 2 aromatic carbocycles. The van der Waals surface area contributed by atoms with Crippen LogP contribution in [0.5, 0.6) is 5.75 Å². The van der Waals surface area contributed by atoms with Crippen molar-refractivity contribution in [2.75, 3.05) is 20.2 Å². The maximum atomic E-state index is 12.4. The normalized spacial score (nSPS) is 22.8. The van der Waals surface area contributed by atoms with E-state index in [-0.39, 0.29) is 29.9 Å². The summed E-state index contributed by atoms with van der Waals surface area (Å²) in [7, 11) is 1.64. The zero-order valence-corrected chi connectivity index (χ0v) is 18.5. The molecule has 0 radical (unpaired) electrons. The van der Waals surface area contributed by atoms with Gasteiger partial charge in [-0.2, -0.15) is 0 Å². The number of nitrogens with one attached hydrogen (secondary N) is 3. The van der Waals surface area contributed by atoms with Gasteiger partial charge in [0.25, 0.3) is 0 Å². The van der Waals surface area contributed by atoms with E-state index in [0.29, 0.717) is 19.5 Å². The molecule has 2 amide bonds. The SMILES string of the molecule is COc1ccc(CNC(=O)CC[C@H]2CNC(=O)[C@H]3C[C@H](NCc4ccccc4)CN23)cc1. The molecule has 2 aliphatic rings. The van der Waals surface area contributed by atoms with E-state index in [0.717, 1.165) is 37.2 Å². The summed E-state index contributed by atoms with van der Waals surface area (Å²) in [5.41, 5.74) is 2.28. The van der Waals surface area contributed by atoms with Crippen LogP contribution in [0.15, 0.2) is 54.6 Å². The molecule has 3 N–H and O–H groups in total. The molecule has 0 aromatic heterocycles. The molecule has 2 saturated heterocycles. The predicted molar refractivity (Wildman–Crippen MR) is 123 cm³/mol. The molecule has 2 fully saturated rings. The molecule has 4 rings (SSSR count). The van der Waals surface area contributed by atoms with Crippen molar-refractivity contribution in [3.8, 4) is 5.75 Å². The monoisotopic (exact) mass is 436 g/mol. The van der Waals surface area contributed by atoms with Crippen molar-refractivity contribution in [2.45, 2.75) is 50.5 Å². The number of amides is 2. The van der Waals surface area contributed by atoms with Crippen LogP contribution in [0.1, 0.15) is 30.4 Å². The van der Waals surface area contributed by atoms with Crippen LogP contribution in [-0.2, 0) is 22.7 Å². The number of carbonyl (C=O) groups excluding carboxylic acids is 2. The minimum Gasteiger partial charge on any atom is -0.497 e. The summed E-state index contributed by atoms with van der Waals surface area (Å²) in [5.74, 6) is 0.942. The lowest BCUT2D eigenvalue weighted by atomic mass is 10.0. The van der Waals surface area contributed by atoms with Crippen molar-refractivity contribution in [2.24, 2.45) is 0 Å². The standard InChI is InChI=1S/C25H32N4O3/c1-32-22-10-7-19(8-11-22)15-27-24(30)12-9-21-16-28-25(31)23-13-20(17-29(21)23)26-14-18-5-3-2-4-6-18/h2-8,10-11,20-21,23,26H,9,12-17H2,1H3,(H,27,30)(H,28,31)/t20-,21-,23+/m0/s1. The number of hydrogen-bond donors (Lipinski definition) is 3. The van der Waals surface area contributed by atoms with E-state index in [9.17, 15) is 9.59 Å². The molecule has 32 heavy (non-hydrogen) atoms. The third-order valence-corrected chi connectivity index (χ3v) is 6.41. The van der Waals surface area contributed by atoms with Gasteiger partial charge >= 0.3 is 0 Å². The highest BCUT2D eigenvalue weighted by Crippen LogP contribution is 2.26. The first-order valence-electron chi connectivity index (χ1n) is 11.3. The van der Waals surface area contributed by atoms with Crippen LogP contribution in [-0.4, -0.2) is 55.0 Å². The van der Waals surface area contributed by atoms with Gasteiger partial charge in [-0.3, -0.25) is 14.5 Å². The van der Waals surface area contributed by atoms with Gasteiger partial charge in [-0.05, 0) is 36.1 Å². The molecule has 2 aliphatic heterocycles. The Bertz CT molecular complexity index is 903. The Morgan fingerprint density at radius 2 is 1.84 bits per heavy atom. The van der Waals surface area contributed by atoms with Gasteiger partial charge in [0.2, 0.25) is 11.8 Å². The highest BCUT2D eigenvalue weighted by molar-refractivity contribution is 5.83. The first-order chi connectivity index (χ1) is 15.6. The Labute approximate surface area is 189 Å². The van der Waals surface area contributed by atoms with Gasteiger partial charge in [0.1, 0.15) is 5.75 Å². The Kier molecular flexibility index (Phi) is 7.39. The van der Waals surface area contributed by atoms with Gasteiger partial charge in [0, 0.05) is 44.7 Å². The summed E-state index contributed by atoms with van der Waals surface area (Å²) in [6.45, 7) is 2.74. The minimum absolute atomic E-state index is 0.0345. The summed E-state index contributed by atoms with van der Waals surface area (Å²) in [5, 5.41) is 9.63. The number of fused-ring (bicyclic) bond motifs is 1. The van der Waals surface area contributed by atoms with E-state index < -0.39 is 0 Å². The lowest BCUT2D eigenvalue weighted by Gasteiger charge is -2.37. The number of hydrogen-bond acceptors (Lipinski definition) is 5. The van der Waals surface area contributed by atoms with Crippen molar-refractivity contribution in [1.29, 1.82) is 0 Å².